The van der Waals surface area contributed by atoms with E-state index >= 15 is 0 Å². The Morgan fingerprint density at radius 3 is 2.46 bits per heavy atom. The van der Waals surface area contributed by atoms with Gasteiger partial charge in [-0.05, 0) is 29.8 Å². The van der Waals surface area contributed by atoms with Crippen molar-refractivity contribution in [1.82, 2.24) is 9.97 Å². The van der Waals surface area contributed by atoms with E-state index in [0.29, 0.717) is 29.5 Å². The summed E-state index contributed by atoms with van der Waals surface area (Å²) in [4.78, 5) is 20.4. The van der Waals surface area contributed by atoms with Crippen LogP contribution in [0.15, 0.2) is 67.3 Å². The minimum atomic E-state index is -0.0720. The van der Waals surface area contributed by atoms with E-state index in [1.54, 1.807) is 50.1 Å². The van der Waals surface area contributed by atoms with Crippen molar-refractivity contribution in [2.24, 2.45) is 0 Å². The molecule has 0 aliphatic heterocycles. The van der Waals surface area contributed by atoms with E-state index in [-0.39, 0.29) is 5.91 Å². The Morgan fingerprint density at radius 2 is 1.79 bits per heavy atom. The Bertz CT molecular complexity index is 892. The third-order valence-electron chi connectivity index (χ3n) is 3.79. The van der Waals surface area contributed by atoms with Crippen LogP contribution in [0.2, 0.25) is 0 Å². The van der Waals surface area contributed by atoms with Crippen molar-refractivity contribution in [3.8, 4) is 11.5 Å². The number of methoxy groups -OCH3 is 1. The molecule has 0 saturated carbocycles. The molecule has 0 saturated heterocycles. The van der Waals surface area contributed by atoms with Crippen molar-refractivity contribution >= 4 is 23.4 Å². The van der Waals surface area contributed by atoms with Gasteiger partial charge >= 0.3 is 0 Å². The van der Waals surface area contributed by atoms with Gasteiger partial charge in [0, 0.05) is 47.9 Å². The highest BCUT2D eigenvalue weighted by Crippen LogP contribution is 2.31. The Hall–Kier alpha value is -3.06. The molecule has 0 atom stereocenters. The van der Waals surface area contributed by atoms with Crippen molar-refractivity contribution in [3.63, 3.8) is 0 Å². The molecule has 28 heavy (non-hydrogen) atoms. The van der Waals surface area contributed by atoms with Gasteiger partial charge in [-0.3, -0.25) is 14.8 Å². The van der Waals surface area contributed by atoms with Gasteiger partial charge in [0.1, 0.15) is 6.61 Å². The lowest BCUT2D eigenvalue weighted by atomic mass is 10.2. The number of anilines is 1. The number of pyridine rings is 2. The lowest BCUT2D eigenvalue weighted by molar-refractivity contribution is -0.113. The molecule has 0 fully saturated rings. The van der Waals surface area contributed by atoms with E-state index in [2.05, 4.69) is 15.3 Å². The average Bonchev–Trinajstić information content (AvgIpc) is 2.74. The topological polar surface area (TPSA) is 73.3 Å². The van der Waals surface area contributed by atoms with Crippen LogP contribution in [-0.2, 0) is 17.2 Å². The van der Waals surface area contributed by atoms with Crippen LogP contribution in [0, 0.1) is 0 Å². The number of hydrogen-bond acceptors (Lipinski definition) is 6. The van der Waals surface area contributed by atoms with E-state index < -0.39 is 0 Å². The lowest BCUT2D eigenvalue weighted by Crippen LogP contribution is -2.14. The largest absolute Gasteiger partial charge is 0.493 e. The summed E-state index contributed by atoms with van der Waals surface area (Å²) in [6.07, 6.45) is 7.00. The predicted molar refractivity (Wildman–Crippen MR) is 111 cm³/mol. The van der Waals surface area contributed by atoms with Crippen LogP contribution >= 0.6 is 11.8 Å². The van der Waals surface area contributed by atoms with E-state index in [0.717, 1.165) is 16.9 Å². The zero-order valence-corrected chi connectivity index (χ0v) is 16.3. The first kappa shape index (κ1) is 19.7. The Balaban J connectivity index is 1.55. The number of benzene rings is 1. The van der Waals surface area contributed by atoms with E-state index in [1.807, 2.05) is 24.3 Å². The van der Waals surface area contributed by atoms with Crippen LogP contribution in [0.4, 0.5) is 5.69 Å². The molecule has 0 unspecified atom stereocenters. The summed E-state index contributed by atoms with van der Waals surface area (Å²) in [7, 11) is 1.58. The van der Waals surface area contributed by atoms with Gasteiger partial charge in [-0.2, -0.15) is 0 Å². The fourth-order valence-electron chi connectivity index (χ4n) is 2.45. The van der Waals surface area contributed by atoms with Gasteiger partial charge in [-0.15, -0.1) is 11.8 Å². The number of carbonyl (C=O) groups is 1. The van der Waals surface area contributed by atoms with Crippen LogP contribution in [-0.4, -0.2) is 28.7 Å². The fraction of sp³-hybridized carbons (Fsp3) is 0.190. The van der Waals surface area contributed by atoms with Gasteiger partial charge in [0.25, 0.3) is 0 Å². The first-order valence-corrected chi connectivity index (χ1v) is 9.86. The SMILES string of the molecule is COc1ccc(NC(=O)CSCc2cccnc2)cc1OCc1cccnc1. The van der Waals surface area contributed by atoms with Crippen molar-refractivity contribution in [2.75, 3.05) is 18.2 Å². The molecule has 1 amide bonds. The molecule has 6 nitrogen and oxygen atoms in total. The second kappa shape index (κ2) is 10.3. The van der Waals surface area contributed by atoms with Gasteiger partial charge < -0.3 is 14.8 Å². The molecule has 2 aromatic heterocycles. The molecule has 0 aliphatic rings. The van der Waals surface area contributed by atoms with Crippen LogP contribution < -0.4 is 14.8 Å². The smallest absolute Gasteiger partial charge is 0.234 e. The number of aromatic nitrogens is 2. The summed E-state index contributed by atoms with van der Waals surface area (Å²) >= 11 is 1.54. The number of amides is 1. The molecule has 3 rings (SSSR count). The average molecular weight is 395 g/mol. The number of carbonyl (C=O) groups excluding carboxylic acids is 1. The molecule has 144 valence electrons. The van der Waals surface area contributed by atoms with Crippen LogP contribution in [0.5, 0.6) is 11.5 Å². The number of ether oxygens (including phenoxy) is 2. The molecule has 2 heterocycles. The van der Waals surface area contributed by atoms with Gasteiger partial charge in [0.05, 0.1) is 12.9 Å². The maximum Gasteiger partial charge on any atom is 0.234 e. The Kier molecular flexibility index (Phi) is 7.26. The maximum atomic E-state index is 12.2. The molecule has 0 radical (unpaired) electrons. The number of nitrogens with zero attached hydrogens (tertiary/aromatic N) is 2. The van der Waals surface area contributed by atoms with Crippen LogP contribution in [0.25, 0.3) is 0 Å². The summed E-state index contributed by atoms with van der Waals surface area (Å²) < 4.78 is 11.2. The van der Waals surface area contributed by atoms with Gasteiger partial charge in [0.15, 0.2) is 11.5 Å². The third kappa shape index (κ3) is 5.99. The van der Waals surface area contributed by atoms with E-state index in [9.17, 15) is 4.79 Å². The standard InChI is InChI=1S/C21H21N3O3S/c1-26-19-7-6-18(10-20(19)27-13-16-4-2-8-22-11-16)24-21(25)15-28-14-17-5-3-9-23-12-17/h2-12H,13-15H2,1H3,(H,24,25). The first-order valence-electron chi connectivity index (χ1n) is 8.71. The molecule has 0 spiro atoms. The molecule has 1 N–H and O–H groups in total. The summed E-state index contributed by atoms with van der Waals surface area (Å²) in [6, 6.07) is 13.0. The molecule has 0 aliphatic carbocycles. The molecular formula is C21H21N3O3S. The lowest BCUT2D eigenvalue weighted by Gasteiger charge is -2.13. The summed E-state index contributed by atoms with van der Waals surface area (Å²) in [6.45, 7) is 0.364. The summed E-state index contributed by atoms with van der Waals surface area (Å²) in [5.74, 6) is 2.19. The van der Waals surface area contributed by atoms with Gasteiger partial charge in [0.2, 0.25) is 5.91 Å². The highest BCUT2D eigenvalue weighted by molar-refractivity contribution is 7.99. The normalized spacial score (nSPS) is 10.3. The zero-order chi connectivity index (χ0) is 19.6. The number of rotatable bonds is 9. The van der Waals surface area contributed by atoms with Crippen molar-refractivity contribution < 1.29 is 14.3 Å². The van der Waals surface area contributed by atoms with E-state index in [4.69, 9.17) is 9.47 Å². The monoisotopic (exact) mass is 395 g/mol. The number of thioether (sulfide) groups is 1. The number of nitrogens with one attached hydrogen (secondary N) is 1. The number of hydrogen-bond donors (Lipinski definition) is 1. The second-order valence-electron chi connectivity index (χ2n) is 5.92. The first-order chi connectivity index (χ1) is 13.7. The Labute approximate surface area is 168 Å². The van der Waals surface area contributed by atoms with Crippen molar-refractivity contribution in [2.45, 2.75) is 12.4 Å². The molecule has 3 aromatic rings. The molecule has 0 bridgehead atoms. The fourth-order valence-corrected chi connectivity index (χ4v) is 3.22. The molecular weight excluding hydrogens is 374 g/mol. The van der Waals surface area contributed by atoms with Crippen LogP contribution in [0.3, 0.4) is 0 Å². The highest BCUT2D eigenvalue weighted by atomic mass is 32.2. The van der Waals surface area contributed by atoms with Gasteiger partial charge in [-0.25, -0.2) is 0 Å². The van der Waals surface area contributed by atoms with Crippen LogP contribution in [0.1, 0.15) is 11.1 Å². The summed E-state index contributed by atoms with van der Waals surface area (Å²) in [5.41, 5.74) is 2.70. The predicted octanol–water partition coefficient (Wildman–Crippen LogP) is 3.94. The highest BCUT2D eigenvalue weighted by Gasteiger charge is 2.09. The van der Waals surface area contributed by atoms with E-state index in [1.165, 1.54) is 11.8 Å². The Morgan fingerprint density at radius 1 is 1.04 bits per heavy atom. The minimum absolute atomic E-state index is 0.0720. The van der Waals surface area contributed by atoms with Crippen molar-refractivity contribution in [1.29, 1.82) is 0 Å². The van der Waals surface area contributed by atoms with Crippen molar-refractivity contribution in [3.05, 3.63) is 78.4 Å². The molecule has 1 aromatic carbocycles. The minimum Gasteiger partial charge on any atom is -0.493 e. The molecule has 7 heteroatoms. The summed E-state index contributed by atoms with van der Waals surface area (Å²) in [5, 5.41) is 2.89. The second-order valence-corrected chi connectivity index (χ2v) is 6.90. The van der Waals surface area contributed by atoms with Gasteiger partial charge in [-0.1, -0.05) is 12.1 Å². The third-order valence-corrected chi connectivity index (χ3v) is 4.79. The maximum absolute atomic E-state index is 12.2. The quantitative estimate of drug-likeness (QED) is 0.592. The zero-order valence-electron chi connectivity index (χ0n) is 15.5.